The Balaban J connectivity index is 1.86. The summed E-state index contributed by atoms with van der Waals surface area (Å²) >= 11 is 0. The molecule has 28 heavy (non-hydrogen) atoms. The summed E-state index contributed by atoms with van der Waals surface area (Å²) < 4.78 is 16.4. The second kappa shape index (κ2) is 9.58. The van der Waals surface area contributed by atoms with Crippen LogP contribution in [0.3, 0.4) is 0 Å². The minimum absolute atomic E-state index is 0.365. The fourth-order valence-electron chi connectivity index (χ4n) is 2.77. The summed E-state index contributed by atoms with van der Waals surface area (Å²) in [6.45, 7) is 1.24. The lowest BCUT2D eigenvalue weighted by Crippen LogP contribution is -2.11. The van der Waals surface area contributed by atoms with Gasteiger partial charge in [0.2, 0.25) is 0 Å². The third-order valence-electron chi connectivity index (χ3n) is 4.13. The lowest BCUT2D eigenvalue weighted by atomic mass is 10.0. The second-order valence-corrected chi connectivity index (χ2v) is 6.18. The quantitative estimate of drug-likeness (QED) is 0.600. The summed E-state index contributed by atoms with van der Waals surface area (Å²) in [4.78, 5) is 12.0. The molecule has 3 rings (SSSR count). The van der Waals surface area contributed by atoms with Gasteiger partial charge in [0.15, 0.2) is 0 Å². The largest absolute Gasteiger partial charge is 0.492 e. The first-order valence-corrected chi connectivity index (χ1v) is 9.03. The number of methoxy groups -OCH3 is 1. The van der Waals surface area contributed by atoms with Crippen LogP contribution in [0.4, 0.5) is 0 Å². The van der Waals surface area contributed by atoms with Crippen molar-refractivity contribution in [2.75, 3.05) is 20.3 Å². The molecule has 3 aromatic rings. The highest BCUT2D eigenvalue weighted by Crippen LogP contribution is 2.29. The number of hydrogen-bond acceptors (Lipinski definition) is 5. The monoisotopic (exact) mass is 377 g/mol. The molecule has 0 aromatic heterocycles. The van der Waals surface area contributed by atoms with Crippen LogP contribution in [0.1, 0.15) is 15.9 Å². The molecular formula is C23H23NO4. The van der Waals surface area contributed by atoms with Gasteiger partial charge in [-0.25, -0.2) is 4.79 Å². The van der Waals surface area contributed by atoms with Crippen LogP contribution in [-0.2, 0) is 11.3 Å². The molecule has 0 unspecified atom stereocenters. The number of carbonyl (C=O) groups is 1. The Hall–Kier alpha value is -3.31. The summed E-state index contributed by atoms with van der Waals surface area (Å²) in [5, 5.41) is 0. The van der Waals surface area contributed by atoms with Gasteiger partial charge in [-0.2, -0.15) is 0 Å². The number of esters is 1. The molecule has 0 aliphatic heterocycles. The predicted molar refractivity (Wildman–Crippen MR) is 109 cm³/mol. The maximum absolute atomic E-state index is 12.0. The molecule has 0 fully saturated rings. The van der Waals surface area contributed by atoms with E-state index in [2.05, 4.69) is 0 Å². The fourth-order valence-corrected chi connectivity index (χ4v) is 2.77. The van der Waals surface area contributed by atoms with Crippen LogP contribution in [0.5, 0.6) is 11.5 Å². The van der Waals surface area contributed by atoms with E-state index in [1.807, 2.05) is 60.7 Å². The molecule has 0 spiro atoms. The number of ether oxygens (including phenoxy) is 3. The summed E-state index contributed by atoms with van der Waals surface area (Å²) in [6, 6.07) is 23.0. The van der Waals surface area contributed by atoms with Crippen LogP contribution in [0.2, 0.25) is 0 Å². The smallest absolute Gasteiger partial charge is 0.338 e. The molecule has 0 atom stereocenters. The Bertz CT molecular complexity index is 925. The Labute approximate surface area is 164 Å². The fraction of sp³-hybridized carbons (Fsp3) is 0.174. The molecule has 0 saturated carbocycles. The minimum atomic E-state index is -0.420. The molecule has 0 saturated heterocycles. The van der Waals surface area contributed by atoms with Gasteiger partial charge in [-0.1, -0.05) is 42.5 Å². The zero-order valence-corrected chi connectivity index (χ0v) is 15.8. The van der Waals surface area contributed by atoms with Crippen LogP contribution in [-0.4, -0.2) is 26.2 Å². The van der Waals surface area contributed by atoms with Crippen molar-refractivity contribution in [1.29, 1.82) is 0 Å². The highest BCUT2D eigenvalue weighted by Gasteiger charge is 2.11. The van der Waals surface area contributed by atoms with Gasteiger partial charge >= 0.3 is 5.97 Å². The molecule has 0 aliphatic carbocycles. The first-order valence-electron chi connectivity index (χ1n) is 9.03. The van der Waals surface area contributed by atoms with Crippen LogP contribution < -0.4 is 15.2 Å². The Morgan fingerprint density at radius 3 is 2.39 bits per heavy atom. The van der Waals surface area contributed by atoms with Gasteiger partial charge in [0.05, 0.1) is 12.7 Å². The Morgan fingerprint density at radius 1 is 0.857 bits per heavy atom. The van der Waals surface area contributed by atoms with Crippen molar-refractivity contribution in [2.45, 2.75) is 6.61 Å². The van der Waals surface area contributed by atoms with E-state index in [9.17, 15) is 4.79 Å². The van der Waals surface area contributed by atoms with Gasteiger partial charge < -0.3 is 19.9 Å². The standard InChI is InChI=1S/C23H23NO4/c1-26-23(25)20-12-19(14-22(15-20)27-11-10-24)18-8-5-9-21(13-18)28-16-17-6-3-2-4-7-17/h2-9,12-15H,10-11,16,24H2,1H3. The number of benzene rings is 3. The zero-order chi connectivity index (χ0) is 19.8. The normalized spacial score (nSPS) is 10.4. The van der Waals surface area contributed by atoms with Gasteiger partial charge in [-0.15, -0.1) is 0 Å². The van der Waals surface area contributed by atoms with E-state index in [-0.39, 0.29) is 0 Å². The number of rotatable bonds is 8. The SMILES string of the molecule is COC(=O)c1cc(OCCN)cc(-c2cccc(OCc3ccccc3)c2)c1. The topological polar surface area (TPSA) is 70.8 Å². The molecule has 5 nitrogen and oxygen atoms in total. The van der Waals surface area contributed by atoms with E-state index >= 15 is 0 Å². The van der Waals surface area contributed by atoms with Gasteiger partial charge in [0.1, 0.15) is 24.7 Å². The van der Waals surface area contributed by atoms with Gasteiger partial charge in [-0.3, -0.25) is 0 Å². The van der Waals surface area contributed by atoms with Crippen molar-refractivity contribution in [3.8, 4) is 22.6 Å². The van der Waals surface area contributed by atoms with E-state index in [0.29, 0.717) is 31.1 Å². The highest BCUT2D eigenvalue weighted by atomic mass is 16.5. The summed E-state index contributed by atoms with van der Waals surface area (Å²) in [5.41, 5.74) is 8.78. The summed E-state index contributed by atoms with van der Waals surface area (Å²) in [7, 11) is 1.35. The molecular weight excluding hydrogens is 354 g/mol. The Morgan fingerprint density at radius 2 is 1.64 bits per heavy atom. The molecule has 0 radical (unpaired) electrons. The third kappa shape index (κ3) is 5.11. The second-order valence-electron chi connectivity index (χ2n) is 6.18. The first-order chi connectivity index (χ1) is 13.7. The van der Waals surface area contributed by atoms with Gasteiger partial charge in [-0.05, 0) is 47.0 Å². The van der Waals surface area contributed by atoms with E-state index < -0.39 is 5.97 Å². The molecule has 2 N–H and O–H groups in total. The lowest BCUT2D eigenvalue weighted by Gasteiger charge is -2.12. The Kier molecular flexibility index (Phi) is 6.65. The zero-order valence-electron chi connectivity index (χ0n) is 15.8. The van der Waals surface area contributed by atoms with Gasteiger partial charge in [0, 0.05) is 6.54 Å². The summed E-state index contributed by atoms with van der Waals surface area (Å²) in [6.07, 6.45) is 0. The van der Waals surface area contributed by atoms with Crippen LogP contribution >= 0.6 is 0 Å². The van der Waals surface area contributed by atoms with Crippen LogP contribution in [0.25, 0.3) is 11.1 Å². The van der Waals surface area contributed by atoms with E-state index in [1.165, 1.54) is 7.11 Å². The van der Waals surface area contributed by atoms with Crippen molar-refractivity contribution >= 4 is 5.97 Å². The number of carbonyl (C=O) groups excluding carboxylic acids is 1. The van der Waals surface area contributed by atoms with Crippen molar-refractivity contribution in [1.82, 2.24) is 0 Å². The maximum Gasteiger partial charge on any atom is 0.338 e. The summed E-state index contributed by atoms with van der Waals surface area (Å²) in [5.74, 6) is 0.893. The van der Waals surface area contributed by atoms with E-state index in [0.717, 1.165) is 22.4 Å². The molecule has 0 heterocycles. The van der Waals surface area contributed by atoms with Crippen molar-refractivity contribution in [3.05, 3.63) is 83.9 Å². The van der Waals surface area contributed by atoms with Crippen LogP contribution in [0, 0.1) is 0 Å². The van der Waals surface area contributed by atoms with Crippen molar-refractivity contribution < 1.29 is 19.0 Å². The van der Waals surface area contributed by atoms with Crippen molar-refractivity contribution in [3.63, 3.8) is 0 Å². The first kappa shape index (κ1) is 19.5. The molecule has 0 bridgehead atoms. The van der Waals surface area contributed by atoms with E-state index in [4.69, 9.17) is 19.9 Å². The minimum Gasteiger partial charge on any atom is -0.492 e. The maximum atomic E-state index is 12.0. The average Bonchev–Trinajstić information content (AvgIpc) is 2.76. The van der Waals surface area contributed by atoms with Gasteiger partial charge in [0.25, 0.3) is 0 Å². The van der Waals surface area contributed by atoms with Crippen molar-refractivity contribution in [2.24, 2.45) is 5.73 Å². The highest BCUT2D eigenvalue weighted by molar-refractivity contribution is 5.91. The molecule has 5 heteroatoms. The molecule has 3 aromatic carbocycles. The molecule has 144 valence electrons. The number of hydrogen-bond donors (Lipinski definition) is 1. The molecule has 0 amide bonds. The molecule has 0 aliphatic rings. The predicted octanol–water partition coefficient (Wildman–Crippen LogP) is 4.06. The average molecular weight is 377 g/mol. The van der Waals surface area contributed by atoms with Crippen LogP contribution in [0.15, 0.2) is 72.8 Å². The lowest BCUT2D eigenvalue weighted by molar-refractivity contribution is 0.0600. The third-order valence-corrected chi connectivity index (χ3v) is 4.13. The van der Waals surface area contributed by atoms with E-state index in [1.54, 1.807) is 12.1 Å². The number of nitrogens with two attached hydrogens (primary N) is 1.